The molecular formula is C18H19N5O4. The highest BCUT2D eigenvalue weighted by Gasteiger charge is 2.16. The van der Waals surface area contributed by atoms with E-state index in [2.05, 4.69) is 11.1 Å². The van der Waals surface area contributed by atoms with Crippen LogP contribution in [0, 0.1) is 11.3 Å². The molecule has 0 spiro atoms. The number of rotatable bonds is 6. The van der Waals surface area contributed by atoms with Crippen molar-refractivity contribution in [2.24, 2.45) is 14.1 Å². The average molecular weight is 369 g/mol. The molecule has 0 saturated heterocycles. The van der Waals surface area contributed by atoms with Gasteiger partial charge in [0.1, 0.15) is 18.5 Å². The molecule has 1 unspecified atom stereocenters. The third-order valence-corrected chi connectivity index (χ3v) is 4.27. The van der Waals surface area contributed by atoms with Crippen LogP contribution in [-0.4, -0.2) is 36.5 Å². The minimum atomic E-state index is -0.886. The highest BCUT2D eigenvalue weighted by Crippen LogP contribution is 2.13. The summed E-state index contributed by atoms with van der Waals surface area (Å²) in [7, 11) is 2.94. The van der Waals surface area contributed by atoms with Gasteiger partial charge in [0.25, 0.3) is 5.56 Å². The quantitative estimate of drug-likeness (QED) is 0.651. The molecule has 0 aliphatic rings. The molecule has 2 aromatic heterocycles. The van der Waals surface area contributed by atoms with Crippen LogP contribution in [0.15, 0.2) is 40.2 Å². The molecular weight excluding hydrogens is 350 g/mol. The van der Waals surface area contributed by atoms with Crippen molar-refractivity contribution < 1.29 is 9.84 Å². The van der Waals surface area contributed by atoms with Crippen molar-refractivity contribution in [3.8, 4) is 11.8 Å². The molecule has 2 heterocycles. The number of imidazole rings is 1. The number of hydrogen-bond acceptors (Lipinski definition) is 6. The van der Waals surface area contributed by atoms with E-state index in [0.717, 1.165) is 10.1 Å². The van der Waals surface area contributed by atoms with Gasteiger partial charge in [-0.3, -0.25) is 13.9 Å². The minimum Gasteiger partial charge on any atom is -0.491 e. The predicted octanol–water partition coefficient (Wildman–Crippen LogP) is -0.0603. The highest BCUT2D eigenvalue weighted by molar-refractivity contribution is 5.69. The molecule has 27 heavy (non-hydrogen) atoms. The van der Waals surface area contributed by atoms with Gasteiger partial charge >= 0.3 is 5.69 Å². The summed E-state index contributed by atoms with van der Waals surface area (Å²) in [4.78, 5) is 28.4. The second-order valence-electron chi connectivity index (χ2n) is 6.22. The third kappa shape index (κ3) is 3.61. The largest absolute Gasteiger partial charge is 0.491 e. The summed E-state index contributed by atoms with van der Waals surface area (Å²) in [6, 6.07) is 9.12. The molecule has 1 N–H and O–H groups in total. The monoisotopic (exact) mass is 369 g/mol. The fourth-order valence-corrected chi connectivity index (χ4v) is 2.80. The van der Waals surface area contributed by atoms with Crippen LogP contribution in [0.5, 0.6) is 5.75 Å². The second kappa shape index (κ2) is 7.47. The number of ether oxygens (including phenoxy) is 1. The molecule has 0 aliphatic heterocycles. The summed E-state index contributed by atoms with van der Waals surface area (Å²) < 4.78 is 9.37. The maximum atomic E-state index is 12.4. The molecule has 0 amide bonds. The lowest BCUT2D eigenvalue weighted by atomic mass is 10.2. The number of aromatic nitrogens is 4. The molecule has 0 fully saturated rings. The molecule has 0 radical (unpaired) electrons. The van der Waals surface area contributed by atoms with Crippen molar-refractivity contribution in [1.82, 2.24) is 18.7 Å². The van der Waals surface area contributed by atoms with Crippen molar-refractivity contribution in [3.05, 3.63) is 57.0 Å². The van der Waals surface area contributed by atoms with Gasteiger partial charge in [-0.1, -0.05) is 12.1 Å². The standard InChI is InChI=1S/C18H19N5O4/c1-21-16-15(17(25)22(2)18(21)26)23(11-20-16)9-13(24)10-27-14-5-3-12(4-6-14)7-8-19/h3-6,11,13,24H,7,9-10H2,1-2H3. The Morgan fingerprint density at radius 2 is 1.93 bits per heavy atom. The zero-order valence-electron chi connectivity index (χ0n) is 15.0. The molecule has 3 rings (SSSR count). The topological polar surface area (TPSA) is 115 Å². The Morgan fingerprint density at radius 1 is 1.22 bits per heavy atom. The van der Waals surface area contributed by atoms with E-state index in [-0.39, 0.29) is 24.3 Å². The number of hydrogen-bond donors (Lipinski definition) is 1. The molecule has 1 aromatic carbocycles. The van der Waals surface area contributed by atoms with E-state index in [9.17, 15) is 14.7 Å². The Hall–Kier alpha value is -3.38. The lowest BCUT2D eigenvalue weighted by molar-refractivity contribution is 0.0933. The number of aryl methyl sites for hydroxylation is 1. The number of benzene rings is 1. The molecule has 3 aromatic rings. The van der Waals surface area contributed by atoms with Crippen molar-refractivity contribution >= 4 is 11.2 Å². The SMILES string of the molecule is Cn1c(=O)c2c(ncn2CC(O)COc2ccc(CC#N)cc2)n(C)c1=O. The summed E-state index contributed by atoms with van der Waals surface area (Å²) in [6.07, 6.45) is 0.863. The summed E-state index contributed by atoms with van der Waals surface area (Å²) in [5, 5.41) is 18.9. The van der Waals surface area contributed by atoms with E-state index < -0.39 is 17.4 Å². The maximum absolute atomic E-state index is 12.4. The Kier molecular flexibility index (Phi) is 5.09. The van der Waals surface area contributed by atoms with Gasteiger partial charge in [0.05, 0.1) is 25.4 Å². The molecule has 9 nitrogen and oxygen atoms in total. The maximum Gasteiger partial charge on any atom is 0.332 e. The summed E-state index contributed by atoms with van der Waals surface area (Å²) in [5.41, 5.74) is 0.480. The third-order valence-electron chi connectivity index (χ3n) is 4.27. The number of aliphatic hydroxyl groups is 1. The van der Waals surface area contributed by atoms with Crippen LogP contribution in [0.25, 0.3) is 11.2 Å². The van der Waals surface area contributed by atoms with E-state index >= 15 is 0 Å². The first-order valence-corrected chi connectivity index (χ1v) is 8.30. The van der Waals surface area contributed by atoms with Gasteiger partial charge in [0.2, 0.25) is 0 Å². The van der Waals surface area contributed by atoms with Crippen molar-refractivity contribution in [2.75, 3.05) is 6.61 Å². The average Bonchev–Trinajstić information content (AvgIpc) is 3.08. The van der Waals surface area contributed by atoms with Crippen LogP contribution < -0.4 is 16.0 Å². The van der Waals surface area contributed by atoms with Crippen LogP contribution >= 0.6 is 0 Å². The lowest BCUT2D eigenvalue weighted by Crippen LogP contribution is -2.38. The first kappa shape index (κ1) is 18.4. The van der Waals surface area contributed by atoms with E-state index in [1.807, 2.05) is 0 Å². The Morgan fingerprint density at radius 3 is 2.59 bits per heavy atom. The zero-order valence-corrected chi connectivity index (χ0v) is 15.0. The van der Waals surface area contributed by atoms with E-state index in [4.69, 9.17) is 10.00 Å². The molecule has 0 saturated carbocycles. The Bertz CT molecular complexity index is 1120. The van der Waals surface area contributed by atoms with Crippen molar-refractivity contribution in [2.45, 2.75) is 19.1 Å². The van der Waals surface area contributed by atoms with E-state index in [0.29, 0.717) is 12.2 Å². The molecule has 9 heteroatoms. The van der Waals surface area contributed by atoms with Gasteiger partial charge in [0.15, 0.2) is 11.2 Å². The first-order valence-electron chi connectivity index (χ1n) is 8.30. The van der Waals surface area contributed by atoms with Gasteiger partial charge in [-0.2, -0.15) is 5.26 Å². The van der Waals surface area contributed by atoms with Crippen LogP contribution in [0.1, 0.15) is 5.56 Å². The van der Waals surface area contributed by atoms with Gasteiger partial charge in [-0.05, 0) is 17.7 Å². The van der Waals surface area contributed by atoms with Gasteiger partial charge in [0, 0.05) is 14.1 Å². The first-order chi connectivity index (χ1) is 12.9. The second-order valence-corrected chi connectivity index (χ2v) is 6.22. The van der Waals surface area contributed by atoms with E-state index in [1.54, 1.807) is 24.3 Å². The number of nitrogens with zero attached hydrogens (tertiary/aromatic N) is 5. The molecule has 0 aliphatic carbocycles. The number of fused-ring (bicyclic) bond motifs is 1. The zero-order chi connectivity index (χ0) is 19.6. The lowest BCUT2D eigenvalue weighted by Gasteiger charge is -2.14. The fraction of sp³-hybridized carbons (Fsp3) is 0.333. The molecule has 140 valence electrons. The minimum absolute atomic E-state index is 0.0172. The predicted molar refractivity (Wildman–Crippen MR) is 97.5 cm³/mol. The van der Waals surface area contributed by atoms with Crippen LogP contribution in [0.3, 0.4) is 0 Å². The Labute approximate surface area is 154 Å². The normalized spacial score (nSPS) is 12.1. The van der Waals surface area contributed by atoms with Crippen molar-refractivity contribution in [1.29, 1.82) is 5.26 Å². The van der Waals surface area contributed by atoms with E-state index in [1.165, 1.54) is 29.6 Å². The number of aliphatic hydroxyl groups excluding tert-OH is 1. The highest BCUT2D eigenvalue weighted by atomic mass is 16.5. The Balaban J connectivity index is 1.73. The summed E-state index contributed by atoms with van der Waals surface area (Å²) >= 11 is 0. The smallest absolute Gasteiger partial charge is 0.332 e. The van der Waals surface area contributed by atoms with Crippen molar-refractivity contribution in [3.63, 3.8) is 0 Å². The van der Waals surface area contributed by atoms with Gasteiger partial charge < -0.3 is 14.4 Å². The molecule has 1 atom stereocenters. The number of nitriles is 1. The van der Waals surface area contributed by atoms with Crippen LogP contribution in [0.2, 0.25) is 0 Å². The van der Waals surface area contributed by atoms with Gasteiger partial charge in [-0.15, -0.1) is 0 Å². The summed E-state index contributed by atoms with van der Waals surface area (Å²) in [6.45, 7) is 0.111. The summed E-state index contributed by atoms with van der Waals surface area (Å²) in [5.74, 6) is 0.574. The van der Waals surface area contributed by atoms with Crippen LogP contribution in [0.4, 0.5) is 0 Å². The molecule has 0 bridgehead atoms. The fourth-order valence-electron chi connectivity index (χ4n) is 2.80. The van der Waals surface area contributed by atoms with Gasteiger partial charge in [-0.25, -0.2) is 9.78 Å². The van der Waals surface area contributed by atoms with Crippen LogP contribution in [-0.2, 0) is 27.1 Å².